The summed E-state index contributed by atoms with van der Waals surface area (Å²) >= 11 is 0. The molecule has 10 unspecified atom stereocenters. The highest BCUT2D eigenvalue weighted by Gasteiger charge is 2.47. The molecule has 0 aromatic heterocycles. The lowest BCUT2D eigenvalue weighted by molar-refractivity contribution is -0.0808. The van der Waals surface area contributed by atoms with Gasteiger partial charge in [0.05, 0.1) is 36.9 Å². The van der Waals surface area contributed by atoms with E-state index in [2.05, 4.69) is 36.2 Å². The molecule has 8 N–H and O–H groups in total. The van der Waals surface area contributed by atoms with Crippen molar-refractivity contribution in [3.63, 3.8) is 0 Å². The first-order valence-electron chi connectivity index (χ1n) is 23.6. The second-order valence-corrected chi connectivity index (χ2v) is 21.7. The summed E-state index contributed by atoms with van der Waals surface area (Å²) in [7, 11) is 4.34. The quantitative estimate of drug-likeness (QED) is 0.0484. The van der Waals surface area contributed by atoms with Crippen LogP contribution in [0.15, 0.2) is 36.4 Å². The van der Waals surface area contributed by atoms with Crippen LogP contribution >= 0.6 is 21.6 Å². The summed E-state index contributed by atoms with van der Waals surface area (Å²) in [5.41, 5.74) is 2.28. The molecule has 2 saturated carbocycles. The first kappa shape index (κ1) is 49.1. The van der Waals surface area contributed by atoms with Gasteiger partial charge in [-0.05, 0) is 142 Å². The molecule has 64 heavy (non-hydrogen) atoms. The third-order valence-corrected chi connectivity index (χ3v) is 17.6. The van der Waals surface area contributed by atoms with Gasteiger partial charge < -0.3 is 60.0 Å². The average Bonchev–Trinajstić information content (AvgIpc) is 3.33. The Kier molecular flexibility index (Phi) is 17.5. The van der Waals surface area contributed by atoms with Gasteiger partial charge in [-0.1, -0.05) is 65.8 Å². The number of hydrogen-bond acceptors (Lipinski definition) is 14. The summed E-state index contributed by atoms with van der Waals surface area (Å²) in [4.78, 5) is 0. The summed E-state index contributed by atoms with van der Waals surface area (Å²) in [6.45, 7) is 2.01. The lowest BCUT2D eigenvalue weighted by Crippen LogP contribution is -2.51. The molecule has 2 aromatic carbocycles. The van der Waals surface area contributed by atoms with Crippen molar-refractivity contribution in [2.45, 2.75) is 145 Å². The highest BCUT2D eigenvalue weighted by molar-refractivity contribution is 8.76. The number of methoxy groups -OCH3 is 1. The molecule has 2 fully saturated rings. The maximum absolute atomic E-state index is 11.8. The fraction of sp³-hybridized carbons (Fsp3) is 0.680. The average molecular weight is 926 g/mol. The van der Waals surface area contributed by atoms with Gasteiger partial charge in [-0.3, -0.25) is 0 Å². The van der Waals surface area contributed by atoms with Gasteiger partial charge in [0, 0.05) is 35.5 Å². The molecule has 7 rings (SSSR count). The van der Waals surface area contributed by atoms with Crippen molar-refractivity contribution < 1.29 is 54.7 Å². The molecule has 5 aliphatic rings. The van der Waals surface area contributed by atoms with E-state index in [4.69, 9.17) is 18.9 Å². The molecule has 354 valence electrons. The van der Waals surface area contributed by atoms with Gasteiger partial charge >= 0.3 is 0 Å². The number of aliphatic hydroxyl groups is 5. The van der Waals surface area contributed by atoms with Crippen LogP contribution in [0.2, 0.25) is 0 Å². The molecule has 2 aliphatic heterocycles. The largest absolute Gasteiger partial charge is 0.504 e. The number of nitrogens with one attached hydrogen (secondary N) is 1. The SMILES string of the molecule is COc1cc(CC2C(O)CSSC(CCO)c3cc(O)c(OC4CCC5CNC6(CC#CC7(C=CCC(C)C7)C5C4)CCCCC6)cc3CCC(OCO)CC2O)cc(OCO)c1O. The molecule has 0 bridgehead atoms. The molecular formula is C50H71NO11S2. The second kappa shape index (κ2) is 22.8. The number of aliphatic hydroxyl groups excluding tert-OH is 5. The number of benzene rings is 2. The standard InChI is InChI=1S/C50H71NO11S2/c1-32-8-6-14-49(27-32)15-7-18-50(16-4-3-5-17-50)51-28-35-10-12-37(24-40(35)49)62-44-23-34-9-11-36(60-30-53)25-41(55)39(20-33-21-45(59-2)48(58)46(22-33)61-31-54)43(57)29-63-64-47(13-19-52)38(34)26-42(44)56/h6,14,21-23,26,32,35-37,39-41,43,47,51-58H,3-5,8-13,16-20,24-25,27-31H2,1-2H3. The van der Waals surface area contributed by atoms with Crippen molar-refractivity contribution in [1.29, 1.82) is 0 Å². The summed E-state index contributed by atoms with van der Waals surface area (Å²) in [6, 6.07) is 6.87. The smallest absolute Gasteiger partial charge is 0.200 e. The third-order valence-electron chi connectivity index (χ3n) is 14.8. The zero-order valence-corrected chi connectivity index (χ0v) is 39.2. The highest BCUT2D eigenvalue weighted by Crippen LogP contribution is 2.52. The van der Waals surface area contributed by atoms with Gasteiger partial charge in [-0.15, -0.1) is 5.92 Å². The van der Waals surface area contributed by atoms with E-state index in [0.717, 1.165) is 56.2 Å². The number of hydrogen-bond donors (Lipinski definition) is 8. The zero-order valence-electron chi connectivity index (χ0n) is 37.6. The van der Waals surface area contributed by atoms with E-state index in [-0.39, 0.29) is 70.5 Å². The Labute approximate surface area is 387 Å². The Hall–Kier alpha value is -2.84. The van der Waals surface area contributed by atoms with Crippen LogP contribution in [0.25, 0.3) is 0 Å². The molecule has 10 atom stereocenters. The monoisotopic (exact) mass is 925 g/mol. The Morgan fingerprint density at radius 3 is 2.47 bits per heavy atom. The van der Waals surface area contributed by atoms with E-state index in [1.807, 2.05) is 6.07 Å². The molecule has 2 heterocycles. The maximum Gasteiger partial charge on any atom is 0.200 e. The van der Waals surface area contributed by atoms with E-state index in [0.29, 0.717) is 48.3 Å². The lowest BCUT2D eigenvalue weighted by Gasteiger charge is -2.47. The van der Waals surface area contributed by atoms with Gasteiger partial charge in [-0.2, -0.15) is 0 Å². The molecule has 0 radical (unpaired) electrons. The molecule has 2 aromatic rings. The van der Waals surface area contributed by atoms with Crippen LogP contribution in [-0.2, 0) is 17.6 Å². The second-order valence-electron chi connectivity index (χ2n) is 19.1. The number of aryl methyl sites for hydroxylation is 1. The molecule has 12 nitrogen and oxygen atoms in total. The van der Waals surface area contributed by atoms with E-state index in [1.165, 1.54) is 60.8 Å². The minimum atomic E-state index is -1.06. The van der Waals surface area contributed by atoms with Crippen LogP contribution in [0.1, 0.15) is 119 Å². The van der Waals surface area contributed by atoms with Gasteiger partial charge in [0.25, 0.3) is 0 Å². The fourth-order valence-electron chi connectivity index (χ4n) is 11.4. The number of allylic oxidation sites excluding steroid dienone is 2. The Bertz CT molecular complexity index is 1930. The van der Waals surface area contributed by atoms with Crippen molar-refractivity contribution in [2.24, 2.45) is 29.1 Å². The normalized spacial score (nSPS) is 32.2. The van der Waals surface area contributed by atoms with Crippen molar-refractivity contribution in [2.75, 3.05) is 39.6 Å². The maximum atomic E-state index is 11.8. The van der Waals surface area contributed by atoms with Crippen molar-refractivity contribution in [3.05, 3.63) is 53.1 Å². The Morgan fingerprint density at radius 2 is 1.72 bits per heavy atom. The first-order valence-corrected chi connectivity index (χ1v) is 25.9. The van der Waals surface area contributed by atoms with E-state index in [1.54, 1.807) is 18.2 Å². The van der Waals surface area contributed by atoms with Crippen LogP contribution in [-0.4, -0.2) is 105 Å². The van der Waals surface area contributed by atoms with E-state index in [9.17, 15) is 35.7 Å². The van der Waals surface area contributed by atoms with Crippen molar-refractivity contribution in [1.82, 2.24) is 5.32 Å². The number of rotatable bonds is 11. The molecule has 0 saturated heterocycles. The molecule has 14 heteroatoms. The number of fused-ring (bicyclic) bond motifs is 3. The van der Waals surface area contributed by atoms with Gasteiger partial charge in [0.1, 0.15) is 6.79 Å². The minimum Gasteiger partial charge on any atom is -0.504 e. The van der Waals surface area contributed by atoms with Crippen molar-refractivity contribution in [3.8, 4) is 40.6 Å². The Morgan fingerprint density at radius 1 is 0.906 bits per heavy atom. The van der Waals surface area contributed by atoms with E-state index < -0.39 is 37.8 Å². The molecule has 3 aliphatic carbocycles. The van der Waals surface area contributed by atoms with Crippen LogP contribution in [0, 0.1) is 40.9 Å². The first-order chi connectivity index (χ1) is 31.0. The van der Waals surface area contributed by atoms with Crippen LogP contribution < -0.4 is 19.5 Å². The minimum absolute atomic E-state index is 0.00919. The number of phenolic OH excluding ortho intramolecular Hbond substituents is 2. The summed E-state index contributed by atoms with van der Waals surface area (Å²) in [5.74, 6) is 8.84. The van der Waals surface area contributed by atoms with Crippen LogP contribution in [0.5, 0.6) is 28.7 Å². The molecule has 0 amide bonds. The summed E-state index contributed by atoms with van der Waals surface area (Å²) in [6.07, 6.45) is 15.5. The molecular weight excluding hydrogens is 855 g/mol. The van der Waals surface area contributed by atoms with Crippen molar-refractivity contribution >= 4 is 21.6 Å². The summed E-state index contributed by atoms with van der Waals surface area (Å²) < 4.78 is 23.3. The predicted molar refractivity (Wildman–Crippen MR) is 251 cm³/mol. The fourth-order valence-corrected chi connectivity index (χ4v) is 14.3. The number of ether oxygens (including phenoxy) is 4. The van der Waals surface area contributed by atoms with E-state index >= 15 is 0 Å². The summed E-state index contributed by atoms with van der Waals surface area (Å²) in [5, 5.41) is 79.3. The lowest BCUT2D eigenvalue weighted by atomic mass is 9.59. The van der Waals surface area contributed by atoms with Gasteiger partial charge in [0.2, 0.25) is 5.75 Å². The number of aromatic hydroxyl groups is 2. The van der Waals surface area contributed by atoms with Crippen LogP contribution in [0.4, 0.5) is 0 Å². The highest BCUT2D eigenvalue weighted by atomic mass is 33.1. The van der Waals surface area contributed by atoms with Gasteiger partial charge in [0.15, 0.2) is 29.8 Å². The zero-order chi connectivity index (χ0) is 45.3. The predicted octanol–water partition coefficient (Wildman–Crippen LogP) is 7.33. The molecule has 2 spiro atoms. The third kappa shape index (κ3) is 11.8. The Balaban J connectivity index is 1.13. The topological polar surface area (TPSA) is 191 Å². The van der Waals surface area contributed by atoms with Gasteiger partial charge in [-0.25, -0.2) is 0 Å². The van der Waals surface area contributed by atoms with Crippen LogP contribution in [0.3, 0.4) is 0 Å². The number of phenols is 2.